The molecular weight excluding hydrogens is 172 g/mol. The molecule has 0 N–H and O–H groups in total. The van der Waals surface area contributed by atoms with Crippen molar-refractivity contribution in [3.05, 3.63) is 28.3 Å². The summed E-state index contributed by atoms with van der Waals surface area (Å²) in [5, 5.41) is 0.772. The van der Waals surface area contributed by atoms with Gasteiger partial charge in [-0.25, -0.2) is 0 Å². The lowest BCUT2D eigenvalue weighted by molar-refractivity contribution is 0.335. The highest BCUT2D eigenvalue weighted by atomic mass is 35.5. The Balaban J connectivity index is 3.10. The molecule has 0 aromatic heterocycles. The average Bonchev–Trinajstić information content (AvgIpc) is 1.96. The molecule has 0 saturated carbocycles. The van der Waals surface area contributed by atoms with Crippen molar-refractivity contribution >= 4 is 11.6 Å². The Kier molecular flexibility index (Phi) is 2.99. The fourth-order valence-electron chi connectivity index (χ4n) is 1.27. The lowest BCUT2D eigenvalue weighted by Crippen LogP contribution is -1.96. The lowest BCUT2D eigenvalue weighted by atomic mass is 10.1. The van der Waals surface area contributed by atoms with Gasteiger partial charge < -0.3 is 4.74 Å². The quantitative estimate of drug-likeness (QED) is 0.685. The maximum Gasteiger partial charge on any atom is 0.125 e. The molecule has 1 aromatic carbocycles. The van der Waals surface area contributed by atoms with Gasteiger partial charge in [0.05, 0.1) is 6.61 Å². The molecule has 0 amide bonds. The van der Waals surface area contributed by atoms with Crippen LogP contribution in [0.25, 0.3) is 0 Å². The summed E-state index contributed by atoms with van der Waals surface area (Å²) in [6.07, 6.45) is 0. The van der Waals surface area contributed by atoms with Crippen LogP contribution in [0.3, 0.4) is 0 Å². The van der Waals surface area contributed by atoms with Gasteiger partial charge in [-0.2, -0.15) is 0 Å². The van der Waals surface area contributed by atoms with E-state index < -0.39 is 0 Å². The molecule has 0 fully saturated rings. The first-order valence-electron chi connectivity index (χ1n) is 4.04. The summed E-state index contributed by atoms with van der Waals surface area (Å²) < 4.78 is 5.46. The van der Waals surface area contributed by atoms with Crippen molar-refractivity contribution in [2.75, 3.05) is 6.61 Å². The van der Waals surface area contributed by atoms with Gasteiger partial charge in [-0.1, -0.05) is 11.6 Å². The van der Waals surface area contributed by atoms with Crippen molar-refractivity contribution in [3.63, 3.8) is 0 Å². The second-order valence-electron chi connectivity index (χ2n) is 2.80. The van der Waals surface area contributed by atoms with Gasteiger partial charge in [0.1, 0.15) is 5.75 Å². The Morgan fingerprint density at radius 1 is 1.25 bits per heavy atom. The highest BCUT2D eigenvalue weighted by Crippen LogP contribution is 2.26. The van der Waals surface area contributed by atoms with E-state index in [1.165, 1.54) is 0 Å². The fraction of sp³-hybridized carbons (Fsp3) is 0.400. The Hall–Kier alpha value is -0.690. The van der Waals surface area contributed by atoms with Crippen LogP contribution in [0.1, 0.15) is 18.1 Å². The van der Waals surface area contributed by atoms with Crippen LogP contribution in [-0.4, -0.2) is 6.61 Å². The van der Waals surface area contributed by atoms with Crippen LogP contribution < -0.4 is 4.74 Å². The van der Waals surface area contributed by atoms with Crippen molar-refractivity contribution in [1.82, 2.24) is 0 Å². The summed E-state index contributed by atoms with van der Waals surface area (Å²) in [7, 11) is 0. The zero-order valence-electron chi connectivity index (χ0n) is 7.65. The summed E-state index contributed by atoms with van der Waals surface area (Å²) in [5.74, 6) is 0.960. The average molecular weight is 185 g/mol. The van der Waals surface area contributed by atoms with Crippen molar-refractivity contribution in [2.45, 2.75) is 20.8 Å². The molecule has 66 valence electrons. The Bertz CT molecular complexity index is 258. The number of rotatable bonds is 2. The van der Waals surface area contributed by atoms with Gasteiger partial charge >= 0.3 is 0 Å². The predicted molar refractivity (Wildman–Crippen MR) is 52.1 cm³/mol. The van der Waals surface area contributed by atoms with Gasteiger partial charge in [-0.05, 0) is 44.0 Å². The molecule has 0 atom stereocenters. The molecule has 0 aliphatic rings. The molecule has 2 heteroatoms. The minimum Gasteiger partial charge on any atom is -0.493 e. The molecule has 0 bridgehead atoms. The standard InChI is InChI=1S/C10H13ClO/c1-4-12-10-7(2)5-9(11)6-8(10)3/h5-6H,4H2,1-3H3. The van der Waals surface area contributed by atoms with Crippen LogP contribution in [0.2, 0.25) is 5.02 Å². The van der Waals surface area contributed by atoms with Gasteiger partial charge in [0.2, 0.25) is 0 Å². The van der Waals surface area contributed by atoms with E-state index in [-0.39, 0.29) is 0 Å². The van der Waals surface area contributed by atoms with E-state index in [1.807, 2.05) is 32.9 Å². The van der Waals surface area contributed by atoms with Crippen molar-refractivity contribution in [2.24, 2.45) is 0 Å². The molecule has 1 aromatic rings. The van der Waals surface area contributed by atoms with E-state index in [0.717, 1.165) is 21.9 Å². The summed E-state index contributed by atoms with van der Waals surface area (Å²) in [5.41, 5.74) is 2.20. The molecule has 12 heavy (non-hydrogen) atoms. The first kappa shape index (κ1) is 9.40. The maximum atomic E-state index is 5.87. The number of aryl methyl sites for hydroxylation is 2. The number of halogens is 1. The minimum absolute atomic E-state index is 0.698. The number of ether oxygens (including phenoxy) is 1. The van der Waals surface area contributed by atoms with Crippen molar-refractivity contribution in [1.29, 1.82) is 0 Å². The summed E-state index contributed by atoms with van der Waals surface area (Å²) in [4.78, 5) is 0. The predicted octanol–water partition coefficient (Wildman–Crippen LogP) is 3.36. The van der Waals surface area contributed by atoms with Crippen LogP contribution in [0.15, 0.2) is 12.1 Å². The second-order valence-corrected chi connectivity index (χ2v) is 3.24. The van der Waals surface area contributed by atoms with Crippen LogP contribution >= 0.6 is 11.6 Å². The van der Waals surface area contributed by atoms with Gasteiger partial charge in [0, 0.05) is 5.02 Å². The summed E-state index contributed by atoms with van der Waals surface area (Å²) >= 11 is 5.87. The third-order valence-corrected chi connectivity index (χ3v) is 1.93. The molecule has 1 nitrogen and oxygen atoms in total. The minimum atomic E-state index is 0.698. The van der Waals surface area contributed by atoms with Crippen LogP contribution in [0, 0.1) is 13.8 Å². The van der Waals surface area contributed by atoms with E-state index in [2.05, 4.69) is 0 Å². The topological polar surface area (TPSA) is 9.23 Å². The maximum absolute atomic E-state index is 5.87. The Morgan fingerprint density at radius 2 is 1.75 bits per heavy atom. The first-order valence-corrected chi connectivity index (χ1v) is 4.42. The van der Waals surface area contributed by atoms with Crippen LogP contribution in [0.4, 0.5) is 0 Å². The molecule has 0 aliphatic carbocycles. The molecule has 0 heterocycles. The molecule has 0 spiro atoms. The third-order valence-electron chi connectivity index (χ3n) is 1.71. The Morgan fingerprint density at radius 3 is 2.17 bits per heavy atom. The Labute approximate surface area is 78.3 Å². The van der Waals surface area contributed by atoms with E-state index in [4.69, 9.17) is 16.3 Å². The lowest BCUT2D eigenvalue weighted by Gasteiger charge is -2.10. The van der Waals surface area contributed by atoms with Gasteiger partial charge in [0.25, 0.3) is 0 Å². The van der Waals surface area contributed by atoms with E-state index >= 15 is 0 Å². The first-order chi connectivity index (χ1) is 5.65. The van der Waals surface area contributed by atoms with E-state index in [1.54, 1.807) is 0 Å². The molecular formula is C10H13ClO. The molecule has 0 aliphatic heterocycles. The van der Waals surface area contributed by atoms with Gasteiger partial charge in [0.15, 0.2) is 0 Å². The molecule has 0 unspecified atom stereocenters. The summed E-state index contributed by atoms with van der Waals surface area (Å²) in [6, 6.07) is 3.83. The van der Waals surface area contributed by atoms with E-state index in [0.29, 0.717) is 6.61 Å². The van der Waals surface area contributed by atoms with Crippen LogP contribution in [0.5, 0.6) is 5.75 Å². The van der Waals surface area contributed by atoms with Gasteiger partial charge in [-0.15, -0.1) is 0 Å². The monoisotopic (exact) mass is 184 g/mol. The number of hydrogen-bond donors (Lipinski definition) is 0. The number of hydrogen-bond acceptors (Lipinski definition) is 1. The zero-order chi connectivity index (χ0) is 9.14. The zero-order valence-corrected chi connectivity index (χ0v) is 8.40. The number of benzene rings is 1. The smallest absolute Gasteiger partial charge is 0.125 e. The highest BCUT2D eigenvalue weighted by Gasteiger charge is 2.03. The second kappa shape index (κ2) is 3.81. The van der Waals surface area contributed by atoms with Crippen LogP contribution in [-0.2, 0) is 0 Å². The SMILES string of the molecule is CCOc1c(C)cc(Cl)cc1C. The molecule has 1 rings (SSSR count). The van der Waals surface area contributed by atoms with Crippen molar-refractivity contribution < 1.29 is 4.74 Å². The largest absolute Gasteiger partial charge is 0.493 e. The highest BCUT2D eigenvalue weighted by molar-refractivity contribution is 6.30. The molecule has 0 saturated heterocycles. The van der Waals surface area contributed by atoms with Crippen molar-refractivity contribution in [3.8, 4) is 5.75 Å². The molecule has 0 radical (unpaired) electrons. The normalized spacial score (nSPS) is 10.0. The summed E-state index contributed by atoms with van der Waals surface area (Å²) in [6.45, 7) is 6.69. The fourth-order valence-corrected chi connectivity index (χ4v) is 1.60. The van der Waals surface area contributed by atoms with Gasteiger partial charge in [-0.3, -0.25) is 0 Å². The van der Waals surface area contributed by atoms with E-state index in [9.17, 15) is 0 Å². The third kappa shape index (κ3) is 1.92.